The Bertz CT molecular complexity index is 779. The van der Waals surface area contributed by atoms with Crippen LogP contribution >= 0.6 is 0 Å². The van der Waals surface area contributed by atoms with Gasteiger partial charge in [0.15, 0.2) is 0 Å². The van der Waals surface area contributed by atoms with Crippen LogP contribution in [0.2, 0.25) is 0 Å². The summed E-state index contributed by atoms with van der Waals surface area (Å²) in [6, 6.07) is -0.998. The van der Waals surface area contributed by atoms with Gasteiger partial charge < -0.3 is 35.6 Å². The molecule has 0 aliphatic heterocycles. The molecule has 0 aromatic heterocycles. The number of carboxylic acids is 2. The molecule has 0 saturated carbocycles. The molecule has 1 atom stereocenters. The summed E-state index contributed by atoms with van der Waals surface area (Å²) in [7, 11) is 0. The minimum atomic E-state index is -1.07. The van der Waals surface area contributed by atoms with Crippen LogP contribution in [0.15, 0.2) is 0 Å². The first-order valence-electron chi connectivity index (χ1n) is 15.0. The van der Waals surface area contributed by atoms with Crippen LogP contribution in [0.1, 0.15) is 103 Å². The molecule has 0 rings (SSSR count). The number of hydrogen-bond donors (Lipinski definition) is 5. The van der Waals surface area contributed by atoms with Crippen molar-refractivity contribution < 1.29 is 48.5 Å². The van der Waals surface area contributed by atoms with Gasteiger partial charge in [-0.15, -0.1) is 0 Å². The third-order valence-electron chi connectivity index (χ3n) is 6.15. The Morgan fingerprint density at radius 1 is 0.548 bits per heavy atom. The Hall–Kier alpha value is -3.06. The minimum Gasteiger partial charge on any atom is -0.481 e. The van der Waals surface area contributed by atoms with Crippen molar-refractivity contribution in [3.05, 3.63) is 0 Å². The number of carbonyl (C=O) groups is 5. The molecule has 0 aliphatic carbocycles. The van der Waals surface area contributed by atoms with Crippen LogP contribution < -0.4 is 16.0 Å². The molecule has 0 unspecified atom stereocenters. The first-order chi connectivity index (χ1) is 20.2. The monoisotopic (exact) mass is 600 g/mol. The number of carboxylic acid groups (broad SMARTS) is 2. The van der Waals surface area contributed by atoms with Gasteiger partial charge in [0.2, 0.25) is 24.0 Å². The molecule has 3 amide bonds. The van der Waals surface area contributed by atoms with Crippen molar-refractivity contribution in [2.75, 3.05) is 39.5 Å². The molecule has 13 nitrogen and oxygen atoms in total. The van der Waals surface area contributed by atoms with E-state index in [9.17, 15) is 28.8 Å². The molecular formula is C29H50N3O10. The maximum absolute atomic E-state index is 11.8. The van der Waals surface area contributed by atoms with Crippen molar-refractivity contribution in [2.24, 2.45) is 0 Å². The zero-order valence-corrected chi connectivity index (χ0v) is 24.8. The molecule has 0 fully saturated rings. The normalized spacial score (nSPS) is 11.4. The van der Waals surface area contributed by atoms with Crippen molar-refractivity contribution in [3.63, 3.8) is 0 Å². The van der Waals surface area contributed by atoms with E-state index in [1.807, 2.05) is 0 Å². The summed E-state index contributed by atoms with van der Waals surface area (Å²) in [6.45, 7) is 3.30. The number of rotatable bonds is 30. The van der Waals surface area contributed by atoms with Gasteiger partial charge in [-0.1, -0.05) is 25.7 Å². The third kappa shape index (κ3) is 28.5. The predicted molar refractivity (Wildman–Crippen MR) is 154 cm³/mol. The second-order valence-corrected chi connectivity index (χ2v) is 10.0. The fourth-order valence-electron chi connectivity index (χ4n) is 3.78. The fourth-order valence-corrected chi connectivity index (χ4v) is 3.78. The maximum Gasteiger partial charge on any atom is 0.303 e. The predicted octanol–water partition coefficient (Wildman–Crippen LogP) is 2.26. The smallest absolute Gasteiger partial charge is 0.303 e. The van der Waals surface area contributed by atoms with Crippen molar-refractivity contribution in [1.29, 1.82) is 0 Å². The first-order valence-corrected chi connectivity index (χ1v) is 15.0. The number of nitrogens with one attached hydrogen (secondary N) is 3. The van der Waals surface area contributed by atoms with E-state index in [2.05, 4.69) is 16.0 Å². The fraction of sp³-hybridized carbons (Fsp3) is 0.793. The van der Waals surface area contributed by atoms with Gasteiger partial charge in [0, 0.05) is 71.6 Å². The number of aliphatic carboxylic acids is 2. The van der Waals surface area contributed by atoms with E-state index in [4.69, 9.17) is 19.7 Å². The SMILES string of the molecule is O=[C][C@H](CCC(=O)O)NC(=O)CCC(=O)NCCCOCCCCOCCCNC(=O)CCCCCCCCC(=O)O. The highest BCUT2D eigenvalue weighted by Gasteiger charge is 2.15. The van der Waals surface area contributed by atoms with Crippen molar-refractivity contribution in [1.82, 2.24) is 16.0 Å². The van der Waals surface area contributed by atoms with Crippen LogP contribution in [0.4, 0.5) is 0 Å². The number of amides is 3. The topological polar surface area (TPSA) is 197 Å². The van der Waals surface area contributed by atoms with Gasteiger partial charge in [-0.3, -0.25) is 28.8 Å². The van der Waals surface area contributed by atoms with Gasteiger partial charge in [-0.05, 0) is 44.9 Å². The lowest BCUT2D eigenvalue weighted by atomic mass is 10.1. The van der Waals surface area contributed by atoms with Crippen molar-refractivity contribution >= 4 is 35.9 Å². The van der Waals surface area contributed by atoms with E-state index in [-0.39, 0.29) is 43.9 Å². The molecule has 5 N–H and O–H groups in total. The van der Waals surface area contributed by atoms with Crippen LogP contribution in [0, 0.1) is 0 Å². The molecule has 0 bridgehead atoms. The van der Waals surface area contributed by atoms with Crippen LogP contribution in [0.5, 0.6) is 0 Å². The van der Waals surface area contributed by atoms with Crippen LogP contribution in [0.3, 0.4) is 0 Å². The lowest BCUT2D eigenvalue weighted by molar-refractivity contribution is -0.138. The molecule has 0 aromatic rings. The Morgan fingerprint density at radius 2 is 1.00 bits per heavy atom. The molecule has 0 spiro atoms. The highest BCUT2D eigenvalue weighted by atomic mass is 16.5. The van der Waals surface area contributed by atoms with Crippen LogP contribution in [-0.4, -0.2) is 91.7 Å². The maximum atomic E-state index is 11.8. The van der Waals surface area contributed by atoms with Gasteiger partial charge in [0.05, 0.1) is 6.04 Å². The highest BCUT2D eigenvalue weighted by molar-refractivity contribution is 5.85. The second-order valence-electron chi connectivity index (χ2n) is 10.0. The quantitative estimate of drug-likeness (QED) is 0.0762. The summed E-state index contributed by atoms with van der Waals surface area (Å²) < 4.78 is 11.1. The summed E-state index contributed by atoms with van der Waals surface area (Å²) in [5.74, 6) is -2.57. The largest absolute Gasteiger partial charge is 0.481 e. The third-order valence-corrected chi connectivity index (χ3v) is 6.15. The zero-order chi connectivity index (χ0) is 31.3. The number of unbranched alkanes of at least 4 members (excludes halogenated alkanes) is 6. The molecule has 13 heteroatoms. The van der Waals surface area contributed by atoms with E-state index in [0.717, 1.165) is 57.8 Å². The molecule has 0 saturated heterocycles. The molecule has 241 valence electrons. The van der Waals surface area contributed by atoms with Gasteiger partial charge >= 0.3 is 11.9 Å². The Balaban J connectivity index is 3.42. The molecule has 1 radical (unpaired) electrons. The second kappa shape index (κ2) is 28.1. The summed E-state index contributed by atoms with van der Waals surface area (Å²) in [5.41, 5.74) is 0. The van der Waals surface area contributed by atoms with Crippen LogP contribution in [-0.2, 0) is 38.2 Å². The molecule has 0 aromatic carbocycles. The lowest BCUT2D eigenvalue weighted by Crippen LogP contribution is -2.37. The highest BCUT2D eigenvalue weighted by Crippen LogP contribution is 2.08. The first kappa shape index (κ1) is 38.9. The Labute approximate surface area is 248 Å². The average Bonchev–Trinajstić information content (AvgIpc) is 2.95. The van der Waals surface area contributed by atoms with E-state index in [1.165, 1.54) is 0 Å². The van der Waals surface area contributed by atoms with E-state index in [1.54, 1.807) is 6.29 Å². The van der Waals surface area contributed by atoms with Crippen molar-refractivity contribution in [2.45, 2.75) is 109 Å². The van der Waals surface area contributed by atoms with E-state index >= 15 is 0 Å². The Morgan fingerprint density at radius 3 is 1.52 bits per heavy atom. The summed E-state index contributed by atoms with van der Waals surface area (Å²) >= 11 is 0. The van der Waals surface area contributed by atoms with E-state index in [0.29, 0.717) is 52.4 Å². The standard InChI is InChI=1S/C29H50N3O10/c33-23-24(13-16-29(39)40)32-27(36)15-14-26(35)31-18-10-22-42-20-8-7-19-41-21-9-17-30-25(34)11-5-3-1-2-4-6-12-28(37)38/h24H,1-22H2,(H,30,34)(H,31,35)(H,32,36)(H,37,38)(H,39,40)/t24-/m0/s1. The lowest BCUT2D eigenvalue weighted by Gasteiger charge is -2.11. The molecule has 0 aliphatic rings. The molecule has 42 heavy (non-hydrogen) atoms. The van der Waals surface area contributed by atoms with Gasteiger partial charge in [0.1, 0.15) is 0 Å². The molecule has 0 heterocycles. The van der Waals surface area contributed by atoms with Gasteiger partial charge in [-0.2, -0.15) is 0 Å². The van der Waals surface area contributed by atoms with Gasteiger partial charge in [-0.25, -0.2) is 0 Å². The zero-order valence-electron chi connectivity index (χ0n) is 24.8. The van der Waals surface area contributed by atoms with E-state index < -0.39 is 23.9 Å². The summed E-state index contributed by atoms with van der Waals surface area (Å²) in [6.07, 6.45) is 10.5. The summed E-state index contributed by atoms with van der Waals surface area (Å²) in [4.78, 5) is 67.2. The average molecular weight is 601 g/mol. The Kier molecular flexibility index (Phi) is 26.0. The van der Waals surface area contributed by atoms with Gasteiger partial charge in [0.25, 0.3) is 0 Å². The summed E-state index contributed by atoms with van der Waals surface area (Å²) in [5, 5.41) is 25.2. The number of hydrogen-bond acceptors (Lipinski definition) is 8. The minimum absolute atomic E-state index is 0.0382. The number of ether oxygens (including phenoxy) is 2. The van der Waals surface area contributed by atoms with Crippen molar-refractivity contribution in [3.8, 4) is 0 Å². The molecular weight excluding hydrogens is 550 g/mol. The van der Waals surface area contributed by atoms with Crippen LogP contribution in [0.25, 0.3) is 0 Å². The number of carbonyl (C=O) groups excluding carboxylic acids is 4.